The third-order valence-corrected chi connectivity index (χ3v) is 7.34. The lowest BCUT2D eigenvalue weighted by Gasteiger charge is -2.22. The molecule has 1 fully saturated rings. The first-order valence-electron chi connectivity index (χ1n) is 10.7. The molecule has 0 bridgehead atoms. The number of carbonyl (C=O) groups is 2. The Morgan fingerprint density at radius 3 is 2.90 bits per heavy atom. The van der Waals surface area contributed by atoms with E-state index in [-0.39, 0.29) is 11.8 Å². The quantitative estimate of drug-likeness (QED) is 0.650. The summed E-state index contributed by atoms with van der Waals surface area (Å²) in [6.07, 6.45) is 8.81. The van der Waals surface area contributed by atoms with Gasteiger partial charge in [-0.1, -0.05) is 6.07 Å². The molecule has 0 atom stereocenters. The van der Waals surface area contributed by atoms with E-state index in [2.05, 4.69) is 0 Å². The van der Waals surface area contributed by atoms with Gasteiger partial charge in [0.15, 0.2) is 0 Å². The zero-order valence-electron chi connectivity index (χ0n) is 17.3. The van der Waals surface area contributed by atoms with Crippen LogP contribution < -0.4 is 0 Å². The fourth-order valence-corrected chi connectivity index (χ4v) is 5.68. The number of carbonyl (C=O) groups excluding carboxylic acids is 2. The average molecular weight is 423 g/mol. The summed E-state index contributed by atoms with van der Waals surface area (Å²) in [6.45, 7) is 4.13. The van der Waals surface area contributed by atoms with E-state index in [4.69, 9.17) is 4.98 Å². The molecule has 3 aromatic rings. The second kappa shape index (κ2) is 7.87. The van der Waals surface area contributed by atoms with Gasteiger partial charge in [-0.25, -0.2) is 4.98 Å². The third-order valence-electron chi connectivity index (χ3n) is 6.25. The monoisotopic (exact) mass is 422 g/mol. The Bertz CT molecular complexity index is 1120. The van der Waals surface area contributed by atoms with Crippen molar-refractivity contribution in [1.29, 1.82) is 0 Å². The first-order valence-corrected chi connectivity index (χ1v) is 11.6. The van der Waals surface area contributed by atoms with Crippen LogP contribution in [0.1, 0.15) is 51.3 Å². The molecule has 0 saturated carbocycles. The molecular formula is C23H26N4O2S. The van der Waals surface area contributed by atoms with E-state index in [9.17, 15) is 9.59 Å². The van der Waals surface area contributed by atoms with Crippen LogP contribution in [0.25, 0.3) is 5.65 Å². The van der Waals surface area contributed by atoms with Crippen molar-refractivity contribution in [3.63, 3.8) is 0 Å². The van der Waals surface area contributed by atoms with Gasteiger partial charge in [0.05, 0.1) is 17.8 Å². The molecule has 4 heterocycles. The SMILES string of the molecule is Cc1cccn2cc(CN3CCN(C(=O)c4csc5c4CCCC5)CCC3=O)nc12. The molecule has 0 N–H and O–H groups in total. The van der Waals surface area contributed by atoms with Gasteiger partial charge in [0.2, 0.25) is 5.91 Å². The fourth-order valence-electron chi connectivity index (χ4n) is 4.56. The Kier molecular flexibility index (Phi) is 5.06. The molecule has 0 spiro atoms. The second-order valence-corrected chi connectivity index (χ2v) is 9.23. The highest BCUT2D eigenvalue weighted by atomic mass is 32.1. The lowest BCUT2D eigenvalue weighted by molar-refractivity contribution is -0.131. The van der Waals surface area contributed by atoms with Crippen LogP contribution in [0.3, 0.4) is 0 Å². The number of amides is 2. The summed E-state index contributed by atoms with van der Waals surface area (Å²) in [5, 5.41) is 2.03. The van der Waals surface area contributed by atoms with Crippen molar-refractivity contribution in [2.75, 3.05) is 19.6 Å². The van der Waals surface area contributed by atoms with Crippen molar-refractivity contribution in [3.05, 3.63) is 57.2 Å². The number of nitrogens with zero attached hydrogens (tertiary/aromatic N) is 4. The minimum Gasteiger partial charge on any atom is -0.336 e. The van der Waals surface area contributed by atoms with Crippen LogP contribution in [0, 0.1) is 6.92 Å². The predicted molar refractivity (Wildman–Crippen MR) is 117 cm³/mol. The summed E-state index contributed by atoms with van der Waals surface area (Å²) in [6, 6.07) is 4.04. The molecule has 7 heteroatoms. The lowest BCUT2D eigenvalue weighted by atomic mass is 9.95. The summed E-state index contributed by atoms with van der Waals surface area (Å²) in [5.74, 6) is 0.179. The minimum atomic E-state index is 0.0893. The highest BCUT2D eigenvalue weighted by Gasteiger charge is 2.28. The maximum atomic E-state index is 13.2. The van der Waals surface area contributed by atoms with Crippen molar-refractivity contribution in [2.45, 2.75) is 45.6 Å². The van der Waals surface area contributed by atoms with Crippen LogP contribution in [0.2, 0.25) is 0 Å². The van der Waals surface area contributed by atoms with E-state index in [1.54, 1.807) is 11.3 Å². The van der Waals surface area contributed by atoms with Gasteiger partial charge in [-0.05, 0) is 49.8 Å². The Balaban J connectivity index is 1.30. The molecule has 30 heavy (non-hydrogen) atoms. The molecule has 6 nitrogen and oxygen atoms in total. The zero-order valence-corrected chi connectivity index (χ0v) is 18.1. The smallest absolute Gasteiger partial charge is 0.255 e. The lowest BCUT2D eigenvalue weighted by Crippen LogP contribution is -2.36. The molecule has 0 radical (unpaired) electrons. The maximum Gasteiger partial charge on any atom is 0.255 e. The van der Waals surface area contributed by atoms with E-state index in [0.717, 1.165) is 41.7 Å². The molecule has 2 amide bonds. The number of pyridine rings is 1. The predicted octanol–water partition coefficient (Wildman–Crippen LogP) is 3.46. The fraction of sp³-hybridized carbons (Fsp3) is 0.435. The summed E-state index contributed by atoms with van der Waals surface area (Å²) in [5.41, 5.74) is 5.04. The normalized spacial score (nSPS) is 17.3. The molecule has 1 aliphatic carbocycles. The van der Waals surface area contributed by atoms with Gasteiger partial charge in [-0.15, -0.1) is 11.3 Å². The maximum absolute atomic E-state index is 13.2. The molecule has 3 aromatic heterocycles. The summed E-state index contributed by atoms with van der Waals surface area (Å²) >= 11 is 1.72. The summed E-state index contributed by atoms with van der Waals surface area (Å²) in [4.78, 5) is 35.7. The molecule has 156 valence electrons. The van der Waals surface area contributed by atoms with Crippen molar-refractivity contribution in [1.82, 2.24) is 19.2 Å². The van der Waals surface area contributed by atoms with Gasteiger partial charge in [-0.2, -0.15) is 0 Å². The first-order chi connectivity index (χ1) is 14.6. The molecule has 5 rings (SSSR count). The van der Waals surface area contributed by atoms with E-state index in [1.165, 1.54) is 16.9 Å². The van der Waals surface area contributed by atoms with Gasteiger partial charge in [0.1, 0.15) is 5.65 Å². The summed E-state index contributed by atoms with van der Waals surface area (Å²) in [7, 11) is 0. The Hall–Kier alpha value is -2.67. The number of aromatic nitrogens is 2. The van der Waals surface area contributed by atoms with Gasteiger partial charge < -0.3 is 14.2 Å². The Labute approximate surface area is 180 Å². The number of aryl methyl sites for hydroxylation is 2. The van der Waals surface area contributed by atoms with Crippen molar-refractivity contribution < 1.29 is 9.59 Å². The molecule has 1 aliphatic heterocycles. The highest BCUT2D eigenvalue weighted by molar-refractivity contribution is 7.10. The zero-order chi connectivity index (χ0) is 20.7. The highest BCUT2D eigenvalue weighted by Crippen LogP contribution is 2.31. The number of imidazole rings is 1. The average Bonchev–Trinajstić information content (AvgIpc) is 3.32. The van der Waals surface area contributed by atoms with Crippen LogP contribution >= 0.6 is 11.3 Å². The van der Waals surface area contributed by atoms with Crippen LogP contribution in [0.5, 0.6) is 0 Å². The van der Waals surface area contributed by atoms with Crippen molar-refractivity contribution in [2.24, 2.45) is 0 Å². The Morgan fingerprint density at radius 2 is 2.03 bits per heavy atom. The van der Waals surface area contributed by atoms with E-state index >= 15 is 0 Å². The third kappa shape index (κ3) is 3.51. The molecule has 0 aromatic carbocycles. The number of hydrogen-bond acceptors (Lipinski definition) is 4. The molecule has 2 aliphatic rings. The van der Waals surface area contributed by atoms with Crippen molar-refractivity contribution >= 4 is 28.8 Å². The van der Waals surface area contributed by atoms with E-state index in [0.29, 0.717) is 32.6 Å². The first kappa shape index (κ1) is 19.3. The van der Waals surface area contributed by atoms with Gasteiger partial charge >= 0.3 is 0 Å². The van der Waals surface area contributed by atoms with Gasteiger partial charge in [0.25, 0.3) is 5.91 Å². The Morgan fingerprint density at radius 1 is 1.17 bits per heavy atom. The standard InChI is InChI=1S/C23H26N4O2S/c1-16-5-4-9-27-14-17(24-22(16)27)13-26-12-11-25(10-8-21(26)28)23(29)19-15-30-20-7-3-2-6-18(19)20/h4-5,9,14-15H,2-3,6-8,10-13H2,1H3. The van der Waals surface area contributed by atoms with Crippen LogP contribution in [0.4, 0.5) is 0 Å². The van der Waals surface area contributed by atoms with Gasteiger partial charge in [-0.3, -0.25) is 9.59 Å². The van der Waals surface area contributed by atoms with Crippen LogP contribution in [0.15, 0.2) is 29.9 Å². The largest absolute Gasteiger partial charge is 0.336 e. The molecule has 1 saturated heterocycles. The second-order valence-electron chi connectivity index (χ2n) is 8.27. The molecular weight excluding hydrogens is 396 g/mol. The molecule has 0 unspecified atom stereocenters. The van der Waals surface area contributed by atoms with Crippen molar-refractivity contribution in [3.8, 4) is 0 Å². The number of rotatable bonds is 3. The summed E-state index contributed by atoms with van der Waals surface area (Å²) < 4.78 is 2.00. The minimum absolute atomic E-state index is 0.0893. The van der Waals surface area contributed by atoms with E-state index in [1.807, 2.05) is 51.0 Å². The van der Waals surface area contributed by atoms with Crippen LogP contribution in [-0.4, -0.2) is 50.6 Å². The number of thiophene rings is 1. The van der Waals surface area contributed by atoms with E-state index < -0.39 is 0 Å². The van der Waals surface area contributed by atoms with Gasteiger partial charge in [0, 0.05) is 48.7 Å². The topological polar surface area (TPSA) is 57.9 Å². The number of fused-ring (bicyclic) bond motifs is 2. The van der Waals surface area contributed by atoms with Crippen LogP contribution in [-0.2, 0) is 24.2 Å². The number of hydrogen-bond donors (Lipinski definition) is 0.